The Morgan fingerprint density at radius 3 is 2.75 bits per heavy atom. The maximum absolute atomic E-state index is 11.0. The fourth-order valence-electron chi connectivity index (χ4n) is 1.75. The van der Waals surface area contributed by atoms with Gasteiger partial charge in [0.15, 0.2) is 17.8 Å². The number of ether oxygens (including phenoxy) is 1. The second kappa shape index (κ2) is 7.34. The van der Waals surface area contributed by atoms with Gasteiger partial charge >= 0.3 is 0 Å². The largest absolute Gasteiger partial charge is 0.504 e. The van der Waals surface area contributed by atoms with Gasteiger partial charge in [0.2, 0.25) is 0 Å². The maximum Gasteiger partial charge on any atom is 0.168 e. The summed E-state index contributed by atoms with van der Waals surface area (Å²) in [6.07, 6.45) is -2.22. The van der Waals surface area contributed by atoms with E-state index in [4.69, 9.17) is 10.3 Å². The average molecular weight is 281 g/mol. The van der Waals surface area contributed by atoms with E-state index in [2.05, 4.69) is 10.0 Å². The summed E-state index contributed by atoms with van der Waals surface area (Å²) in [6, 6.07) is 2.75. The molecule has 0 aliphatic rings. The van der Waals surface area contributed by atoms with Gasteiger partial charge < -0.3 is 20.1 Å². The van der Waals surface area contributed by atoms with Crippen molar-refractivity contribution in [2.45, 2.75) is 18.6 Å². The highest BCUT2D eigenvalue weighted by Crippen LogP contribution is 2.34. The van der Waals surface area contributed by atoms with Gasteiger partial charge in [0.05, 0.1) is 18.8 Å². The summed E-state index contributed by atoms with van der Waals surface area (Å²) >= 11 is 0. The van der Waals surface area contributed by atoms with Crippen LogP contribution in [0.1, 0.15) is 28.4 Å². The van der Waals surface area contributed by atoms with Crippen molar-refractivity contribution < 1.29 is 24.9 Å². The SMILES string of the molecule is COc1ccc(C(O)C(O)CCN=[N+]=[N-])c(C=O)c1O. The van der Waals surface area contributed by atoms with Crippen molar-refractivity contribution in [3.63, 3.8) is 0 Å². The van der Waals surface area contributed by atoms with Crippen LogP contribution in [0.15, 0.2) is 17.2 Å². The lowest BCUT2D eigenvalue weighted by atomic mass is 9.96. The molecule has 0 fully saturated rings. The maximum atomic E-state index is 11.0. The highest BCUT2D eigenvalue weighted by atomic mass is 16.5. The van der Waals surface area contributed by atoms with E-state index in [0.29, 0.717) is 6.29 Å². The minimum atomic E-state index is -1.39. The average Bonchev–Trinajstić information content (AvgIpc) is 2.46. The number of benzene rings is 1. The second-order valence-electron chi connectivity index (χ2n) is 3.99. The molecule has 0 saturated carbocycles. The smallest absolute Gasteiger partial charge is 0.168 e. The van der Waals surface area contributed by atoms with Crippen molar-refractivity contribution in [2.24, 2.45) is 5.11 Å². The molecule has 0 aromatic heterocycles. The Morgan fingerprint density at radius 1 is 1.50 bits per heavy atom. The van der Waals surface area contributed by atoms with Crippen molar-refractivity contribution in [1.29, 1.82) is 0 Å². The molecule has 0 saturated heterocycles. The zero-order chi connectivity index (χ0) is 15.1. The van der Waals surface area contributed by atoms with E-state index in [0.717, 1.165) is 0 Å². The summed E-state index contributed by atoms with van der Waals surface area (Å²) < 4.78 is 4.85. The Morgan fingerprint density at radius 2 is 2.20 bits per heavy atom. The molecule has 1 aromatic carbocycles. The van der Waals surface area contributed by atoms with E-state index in [9.17, 15) is 20.1 Å². The summed E-state index contributed by atoms with van der Waals surface area (Å²) in [5.41, 5.74) is 8.05. The highest BCUT2D eigenvalue weighted by molar-refractivity contribution is 5.83. The van der Waals surface area contributed by atoms with Gasteiger partial charge in [-0.05, 0) is 23.6 Å². The molecule has 2 unspecified atom stereocenters. The van der Waals surface area contributed by atoms with Gasteiger partial charge in [0.1, 0.15) is 6.10 Å². The number of nitrogens with zero attached hydrogens (tertiary/aromatic N) is 3. The third-order valence-electron chi connectivity index (χ3n) is 2.82. The zero-order valence-electron chi connectivity index (χ0n) is 10.8. The van der Waals surface area contributed by atoms with Crippen LogP contribution < -0.4 is 4.74 Å². The fraction of sp³-hybridized carbons (Fsp3) is 0.417. The molecule has 0 amide bonds. The van der Waals surface area contributed by atoms with Crippen LogP contribution >= 0.6 is 0 Å². The topological polar surface area (TPSA) is 136 Å². The van der Waals surface area contributed by atoms with Gasteiger partial charge in [0, 0.05) is 11.5 Å². The summed E-state index contributed by atoms with van der Waals surface area (Å²) in [5, 5.41) is 32.8. The van der Waals surface area contributed by atoms with Gasteiger partial charge in [-0.25, -0.2) is 0 Å². The monoisotopic (exact) mass is 281 g/mol. The number of aliphatic hydroxyl groups is 2. The van der Waals surface area contributed by atoms with E-state index < -0.39 is 18.0 Å². The van der Waals surface area contributed by atoms with Crippen LogP contribution in [0.5, 0.6) is 11.5 Å². The molecule has 0 aliphatic heterocycles. The lowest BCUT2D eigenvalue weighted by molar-refractivity contribution is 0.0145. The normalized spacial score (nSPS) is 13.2. The summed E-state index contributed by atoms with van der Waals surface area (Å²) in [4.78, 5) is 13.6. The molecular weight excluding hydrogens is 266 g/mol. The molecule has 1 aromatic rings. The number of phenols is 1. The molecule has 3 N–H and O–H groups in total. The molecule has 8 heteroatoms. The van der Waals surface area contributed by atoms with E-state index in [1.165, 1.54) is 19.2 Å². The first-order valence-corrected chi connectivity index (χ1v) is 5.78. The van der Waals surface area contributed by atoms with Crippen molar-refractivity contribution in [2.75, 3.05) is 13.7 Å². The summed E-state index contributed by atoms with van der Waals surface area (Å²) in [5.74, 6) is -0.312. The molecule has 0 bridgehead atoms. The van der Waals surface area contributed by atoms with Gasteiger partial charge in [0.25, 0.3) is 0 Å². The minimum Gasteiger partial charge on any atom is -0.504 e. The number of hydrogen-bond donors (Lipinski definition) is 3. The van der Waals surface area contributed by atoms with Crippen LogP contribution in [0, 0.1) is 0 Å². The van der Waals surface area contributed by atoms with Gasteiger partial charge in [-0.2, -0.15) is 0 Å². The molecule has 0 radical (unpaired) electrons. The number of carbonyl (C=O) groups is 1. The Kier molecular flexibility index (Phi) is 5.79. The number of azide groups is 1. The predicted molar refractivity (Wildman–Crippen MR) is 69.6 cm³/mol. The van der Waals surface area contributed by atoms with Gasteiger partial charge in [-0.15, -0.1) is 0 Å². The van der Waals surface area contributed by atoms with Crippen molar-refractivity contribution in [3.8, 4) is 11.5 Å². The molecular formula is C12H15N3O5. The molecule has 2 atom stereocenters. The third-order valence-corrected chi connectivity index (χ3v) is 2.82. The Balaban J connectivity index is 3.03. The molecule has 0 heterocycles. The molecule has 0 aliphatic carbocycles. The Labute approximate surface area is 114 Å². The molecule has 0 spiro atoms. The number of rotatable bonds is 7. The molecule has 108 valence electrons. The van der Waals surface area contributed by atoms with Crippen molar-refractivity contribution in [3.05, 3.63) is 33.7 Å². The number of aliphatic hydroxyl groups excluding tert-OH is 2. The summed E-state index contributed by atoms with van der Waals surface area (Å²) in [7, 11) is 1.33. The number of phenolic OH excluding ortho intramolecular Hbond substituents is 1. The minimum absolute atomic E-state index is 0.00723. The fourth-order valence-corrected chi connectivity index (χ4v) is 1.75. The number of hydrogen-bond acceptors (Lipinski definition) is 6. The number of carbonyl (C=O) groups excluding carboxylic acids is 1. The molecule has 1 rings (SSSR count). The number of methoxy groups -OCH3 is 1. The first-order chi connectivity index (χ1) is 9.56. The van der Waals surface area contributed by atoms with Crippen molar-refractivity contribution >= 4 is 6.29 Å². The number of aromatic hydroxyl groups is 1. The Hall–Kier alpha value is -2.28. The second-order valence-corrected chi connectivity index (χ2v) is 3.99. The highest BCUT2D eigenvalue weighted by Gasteiger charge is 2.23. The van der Waals surface area contributed by atoms with E-state index in [-0.39, 0.29) is 29.8 Å². The Bertz CT molecular complexity index is 528. The van der Waals surface area contributed by atoms with Crippen molar-refractivity contribution in [1.82, 2.24) is 0 Å². The van der Waals surface area contributed by atoms with E-state index in [1.807, 2.05) is 0 Å². The lowest BCUT2D eigenvalue weighted by Crippen LogP contribution is -2.20. The number of aldehydes is 1. The molecule has 8 nitrogen and oxygen atoms in total. The van der Waals surface area contributed by atoms with E-state index >= 15 is 0 Å². The van der Waals surface area contributed by atoms with Crippen LogP contribution in [0.4, 0.5) is 0 Å². The third kappa shape index (κ3) is 3.39. The zero-order valence-corrected chi connectivity index (χ0v) is 10.8. The van der Waals surface area contributed by atoms with Gasteiger partial charge in [-0.1, -0.05) is 11.2 Å². The van der Waals surface area contributed by atoms with E-state index in [1.54, 1.807) is 0 Å². The quantitative estimate of drug-likeness (QED) is 0.299. The lowest BCUT2D eigenvalue weighted by Gasteiger charge is -2.20. The first-order valence-electron chi connectivity index (χ1n) is 5.78. The van der Waals surface area contributed by atoms with Gasteiger partial charge in [-0.3, -0.25) is 4.79 Å². The van der Waals surface area contributed by atoms with Crippen LogP contribution in [0.2, 0.25) is 0 Å². The molecule has 20 heavy (non-hydrogen) atoms. The standard InChI is InChI=1S/C12H15N3O5/c1-20-10-3-2-7(8(6-16)12(10)19)11(18)9(17)4-5-14-15-13/h2-3,6,9,11,17-19H,4-5H2,1H3. The van der Waals surface area contributed by atoms with Crippen LogP contribution in [0.3, 0.4) is 0 Å². The summed E-state index contributed by atoms with van der Waals surface area (Å²) in [6.45, 7) is 0.00723. The van der Waals surface area contributed by atoms with Crippen LogP contribution in [-0.2, 0) is 0 Å². The van der Waals surface area contributed by atoms with Crippen LogP contribution in [-0.4, -0.2) is 41.4 Å². The first kappa shape index (κ1) is 15.8. The van der Waals surface area contributed by atoms with Crippen LogP contribution in [0.25, 0.3) is 10.4 Å². The predicted octanol–water partition coefficient (Wildman–Crippen LogP) is 1.31.